The molecule has 1 saturated heterocycles. The van der Waals surface area contributed by atoms with Gasteiger partial charge in [-0.25, -0.2) is 12.8 Å². The Balaban J connectivity index is 2.83. The van der Waals surface area contributed by atoms with Gasteiger partial charge in [-0.05, 0) is 19.8 Å². The van der Waals surface area contributed by atoms with E-state index >= 15 is 0 Å². The molecule has 0 N–H and O–H groups in total. The molecule has 0 radical (unpaired) electrons. The fourth-order valence-corrected chi connectivity index (χ4v) is 3.36. The van der Waals surface area contributed by atoms with Gasteiger partial charge in [0.2, 0.25) is 0 Å². The van der Waals surface area contributed by atoms with E-state index in [0.717, 1.165) is 6.92 Å². The molecule has 0 bridgehead atoms. The van der Waals surface area contributed by atoms with Gasteiger partial charge in [0, 0.05) is 0 Å². The van der Waals surface area contributed by atoms with Crippen LogP contribution in [0.5, 0.6) is 0 Å². The van der Waals surface area contributed by atoms with Gasteiger partial charge in [-0.3, -0.25) is 4.79 Å². The molecular weight excluding hydrogens is 183 g/mol. The maximum atomic E-state index is 13.0. The number of hydrogen-bond acceptors (Lipinski definition) is 3. The maximum Gasteiger partial charge on any atom is 0.174 e. The lowest BCUT2D eigenvalue weighted by Crippen LogP contribution is -2.32. The first-order valence-electron chi connectivity index (χ1n) is 3.81. The van der Waals surface area contributed by atoms with Gasteiger partial charge < -0.3 is 0 Å². The SMILES string of the molecule is CC(=O)C(F)C1CCCS1(=O)=O. The summed E-state index contributed by atoms with van der Waals surface area (Å²) in [6.45, 7) is 1.08. The van der Waals surface area contributed by atoms with Crippen molar-refractivity contribution in [2.75, 3.05) is 5.75 Å². The third kappa shape index (κ3) is 1.65. The lowest BCUT2D eigenvalue weighted by Gasteiger charge is -2.10. The van der Waals surface area contributed by atoms with Gasteiger partial charge in [0.05, 0.1) is 11.0 Å². The highest BCUT2D eigenvalue weighted by Gasteiger charge is 2.39. The number of Topliss-reactive ketones (excluding diaryl/α,β-unsaturated/α-hetero) is 1. The number of halogens is 1. The standard InChI is InChI=1S/C7H11FO3S/c1-5(9)7(8)6-3-2-4-12(6,10)11/h6-7H,2-4H2,1H3. The van der Waals surface area contributed by atoms with Crippen molar-refractivity contribution in [3.63, 3.8) is 0 Å². The van der Waals surface area contributed by atoms with Gasteiger partial charge in [-0.1, -0.05) is 0 Å². The molecule has 12 heavy (non-hydrogen) atoms. The van der Waals surface area contributed by atoms with E-state index in [2.05, 4.69) is 0 Å². The van der Waals surface area contributed by atoms with E-state index in [9.17, 15) is 17.6 Å². The molecule has 1 aliphatic rings. The minimum absolute atomic E-state index is 0.0192. The van der Waals surface area contributed by atoms with E-state index in [-0.39, 0.29) is 12.2 Å². The smallest absolute Gasteiger partial charge is 0.174 e. The minimum Gasteiger partial charge on any atom is -0.297 e. The summed E-state index contributed by atoms with van der Waals surface area (Å²) >= 11 is 0. The van der Waals surface area contributed by atoms with Crippen LogP contribution in [0.3, 0.4) is 0 Å². The summed E-state index contributed by atoms with van der Waals surface area (Å²) in [6.07, 6.45) is -1.07. The molecule has 1 fully saturated rings. The Labute approximate surface area is 70.9 Å². The first-order chi connectivity index (χ1) is 5.45. The van der Waals surface area contributed by atoms with Crippen LogP contribution < -0.4 is 0 Å². The van der Waals surface area contributed by atoms with Crippen LogP contribution in [0.4, 0.5) is 4.39 Å². The predicted octanol–water partition coefficient (Wildman–Crippen LogP) is 0.491. The fraction of sp³-hybridized carbons (Fsp3) is 0.857. The number of sulfone groups is 1. The van der Waals surface area contributed by atoms with Crippen molar-refractivity contribution in [3.05, 3.63) is 0 Å². The van der Waals surface area contributed by atoms with Crippen LogP contribution in [0.2, 0.25) is 0 Å². The van der Waals surface area contributed by atoms with Crippen LogP contribution in [-0.2, 0) is 14.6 Å². The molecule has 2 unspecified atom stereocenters. The molecule has 0 amide bonds. The van der Waals surface area contributed by atoms with Crippen LogP contribution in [-0.4, -0.2) is 31.4 Å². The lowest BCUT2D eigenvalue weighted by atomic mass is 10.1. The number of alkyl halides is 1. The molecule has 0 aliphatic carbocycles. The summed E-state index contributed by atoms with van der Waals surface area (Å²) in [5, 5.41) is -1.07. The van der Waals surface area contributed by atoms with E-state index in [4.69, 9.17) is 0 Å². The van der Waals surface area contributed by atoms with Crippen molar-refractivity contribution in [3.8, 4) is 0 Å². The highest BCUT2D eigenvalue weighted by atomic mass is 32.2. The number of carbonyl (C=O) groups is 1. The first kappa shape index (κ1) is 9.64. The predicted molar refractivity (Wildman–Crippen MR) is 42.4 cm³/mol. The summed E-state index contributed by atoms with van der Waals surface area (Å²) in [5.41, 5.74) is 0. The monoisotopic (exact) mass is 194 g/mol. The van der Waals surface area contributed by atoms with Gasteiger partial charge in [-0.2, -0.15) is 0 Å². The average molecular weight is 194 g/mol. The largest absolute Gasteiger partial charge is 0.297 e. The molecule has 0 spiro atoms. The van der Waals surface area contributed by atoms with E-state index in [1.54, 1.807) is 0 Å². The van der Waals surface area contributed by atoms with Crippen LogP contribution in [0.25, 0.3) is 0 Å². The highest BCUT2D eigenvalue weighted by molar-refractivity contribution is 7.92. The van der Waals surface area contributed by atoms with E-state index < -0.39 is 27.0 Å². The van der Waals surface area contributed by atoms with Crippen molar-refractivity contribution in [1.29, 1.82) is 0 Å². The molecule has 3 nitrogen and oxygen atoms in total. The molecule has 0 aromatic carbocycles. The molecule has 1 heterocycles. The van der Waals surface area contributed by atoms with Crippen LogP contribution >= 0.6 is 0 Å². The zero-order valence-electron chi connectivity index (χ0n) is 6.79. The van der Waals surface area contributed by atoms with Crippen LogP contribution in [0.1, 0.15) is 19.8 Å². The summed E-state index contributed by atoms with van der Waals surface area (Å²) in [6, 6.07) is 0. The Morgan fingerprint density at radius 2 is 2.17 bits per heavy atom. The number of hydrogen-bond donors (Lipinski definition) is 0. The van der Waals surface area contributed by atoms with Gasteiger partial charge in [0.1, 0.15) is 0 Å². The van der Waals surface area contributed by atoms with Crippen molar-refractivity contribution in [1.82, 2.24) is 0 Å². The second kappa shape index (κ2) is 3.12. The van der Waals surface area contributed by atoms with Gasteiger partial charge in [0.25, 0.3) is 0 Å². The molecule has 0 aromatic heterocycles. The van der Waals surface area contributed by atoms with E-state index in [1.165, 1.54) is 0 Å². The third-order valence-corrected chi connectivity index (χ3v) is 4.35. The lowest BCUT2D eigenvalue weighted by molar-refractivity contribution is -0.121. The van der Waals surface area contributed by atoms with Crippen molar-refractivity contribution >= 4 is 15.6 Å². The van der Waals surface area contributed by atoms with Crippen molar-refractivity contribution in [2.45, 2.75) is 31.2 Å². The quantitative estimate of drug-likeness (QED) is 0.643. The zero-order valence-corrected chi connectivity index (χ0v) is 7.60. The Bertz CT molecular complexity index is 283. The maximum absolute atomic E-state index is 13.0. The summed E-state index contributed by atoms with van der Waals surface area (Å²) in [5.74, 6) is -0.670. The summed E-state index contributed by atoms with van der Waals surface area (Å²) in [4.78, 5) is 10.6. The normalized spacial score (nSPS) is 30.0. The Morgan fingerprint density at radius 3 is 2.50 bits per heavy atom. The molecule has 1 rings (SSSR count). The highest BCUT2D eigenvalue weighted by Crippen LogP contribution is 2.24. The van der Waals surface area contributed by atoms with Crippen molar-refractivity contribution < 1.29 is 17.6 Å². The number of ketones is 1. The van der Waals surface area contributed by atoms with Crippen LogP contribution in [0.15, 0.2) is 0 Å². The average Bonchev–Trinajstić information content (AvgIpc) is 2.27. The molecule has 0 aromatic rings. The number of carbonyl (C=O) groups excluding carboxylic acids is 1. The third-order valence-electron chi connectivity index (χ3n) is 2.09. The Morgan fingerprint density at radius 1 is 1.58 bits per heavy atom. The molecular formula is C7H11FO3S. The van der Waals surface area contributed by atoms with Gasteiger partial charge in [0.15, 0.2) is 21.8 Å². The van der Waals surface area contributed by atoms with E-state index in [0.29, 0.717) is 6.42 Å². The Hall–Kier alpha value is -0.450. The minimum atomic E-state index is -3.33. The fourth-order valence-electron chi connectivity index (χ4n) is 1.41. The van der Waals surface area contributed by atoms with Crippen molar-refractivity contribution in [2.24, 2.45) is 0 Å². The topological polar surface area (TPSA) is 51.2 Å². The van der Waals surface area contributed by atoms with Crippen LogP contribution in [0, 0.1) is 0 Å². The molecule has 5 heteroatoms. The summed E-state index contributed by atoms with van der Waals surface area (Å²) in [7, 11) is -3.33. The molecule has 0 saturated carbocycles. The van der Waals surface area contributed by atoms with E-state index in [1.807, 2.05) is 0 Å². The Kier molecular flexibility index (Phi) is 2.51. The second-order valence-electron chi connectivity index (χ2n) is 3.06. The van der Waals surface area contributed by atoms with Gasteiger partial charge in [-0.15, -0.1) is 0 Å². The molecule has 2 atom stereocenters. The van der Waals surface area contributed by atoms with Gasteiger partial charge >= 0.3 is 0 Å². The molecule has 70 valence electrons. The zero-order chi connectivity index (χ0) is 9.35. The summed E-state index contributed by atoms with van der Waals surface area (Å²) < 4.78 is 35.2. The first-order valence-corrected chi connectivity index (χ1v) is 5.53. The second-order valence-corrected chi connectivity index (χ2v) is 5.40. The number of rotatable bonds is 2. The molecule has 1 aliphatic heterocycles.